The Balaban J connectivity index is 0.974. The lowest BCUT2D eigenvalue weighted by Gasteiger charge is -2.36. The molecule has 5 aromatic rings. The van der Waals surface area contributed by atoms with Gasteiger partial charge in [0.05, 0.1) is 67.3 Å². The summed E-state index contributed by atoms with van der Waals surface area (Å²) in [6.07, 6.45) is 3.22. The van der Waals surface area contributed by atoms with E-state index in [0.717, 1.165) is 52.5 Å². The van der Waals surface area contributed by atoms with Crippen LogP contribution in [0.5, 0.6) is 5.88 Å². The summed E-state index contributed by atoms with van der Waals surface area (Å²) in [5.41, 5.74) is 4.45. The minimum atomic E-state index is -0.950. The molecular weight excluding hydrogens is 577 g/mol. The van der Waals surface area contributed by atoms with Gasteiger partial charge in [0, 0.05) is 36.5 Å². The number of aromatic nitrogens is 5. The van der Waals surface area contributed by atoms with Crippen molar-refractivity contribution >= 4 is 16.9 Å². The molecule has 0 spiro atoms. The highest BCUT2D eigenvalue weighted by molar-refractivity contribution is 5.77. The van der Waals surface area contributed by atoms with Gasteiger partial charge in [-0.3, -0.25) is 4.68 Å². The van der Waals surface area contributed by atoms with Crippen LogP contribution in [0.3, 0.4) is 0 Å². The number of benzene rings is 2. The van der Waals surface area contributed by atoms with Gasteiger partial charge < -0.3 is 28.8 Å². The summed E-state index contributed by atoms with van der Waals surface area (Å²) in [6.45, 7) is 3.82. The van der Waals surface area contributed by atoms with Gasteiger partial charge >= 0.3 is 0 Å². The van der Waals surface area contributed by atoms with Gasteiger partial charge in [0.1, 0.15) is 29.7 Å². The highest BCUT2D eigenvalue weighted by Gasteiger charge is 2.38. The Labute approximate surface area is 258 Å². The van der Waals surface area contributed by atoms with Crippen molar-refractivity contribution in [3.8, 4) is 11.9 Å². The Morgan fingerprint density at radius 3 is 2.73 bits per heavy atom. The third kappa shape index (κ3) is 5.18. The molecule has 45 heavy (non-hydrogen) atoms. The van der Waals surface area contributed by atoms with Gasteiger partial charge in [-0.1, -0.05) is 18.2 Å². The standard InChI is InChI=1S/C33H30FN7O4/c34-26-10-21(12-35)4-5-22(26)18-45-32-3-1-2-30(37-32)39-13-23-14-40(38-28(23)16-39)17-31-36-27-7-6-24(33(42)19-43-20-33)11-29(27)41(31)15-25-8-9-44-25/h1-7,10-11,14,25,42H,8-9,13,15-20H2/t25-/m0/s1. The highest BCUT2D eigenvalue weighted by atomic mass is 19.1. The van der Waals surface area contributed by atoms with Gasteiger partial charge in [-0.25, -0.2) is 9.37 Å². The molecule has 11 nitrogen and oxygen atoms in total. The predicted octanol–water partition coefficient (Wildman–Crippen LogP) is 3.79. The number of nitrogens with zero attached hydrogens (tertiary/aromatic N) is 7. The molecule has 0 bridgehead atoms. The van der Waals surface area contributed by atoms with E-state index in [0.29, 0.717) is 50.8 Å². The smallest absolute Gasteiger partial charge is 0.215 e. The fraction of sp³-hybridized carbons (Fsp3) is 0.333. The Bertz CT molecular complexity index is 1930. The summed E-state index contributed by atoms with van der Waals surface area (Å²) >= 11 is 0. The lowest BCUT2D eigenvalue weighted by atomic mass is 9.92. The fourth-order valence-corrected chi connectivity index (χ4v) is 6.02. The first-order valence-electron chi connectivity index (χ1n) is 14.9. The van der Waals surface area contributed by atoms with Crippen molar-refractivity contribution in [3.05, 3.63) is 100 Å². The van der Waals surface area contributed by atoms with Crippen molar-refractivity contribution in [2.24, 2.45) is 0 Å². The van der Waals surface area contributed by atoms with Crippen LogP contribution in [0.15, 0.2) is 60.8 Å². The van der Waals surface area contributed by atoms with E-state index in [-0.39, 0.29) is 18.3 Å². The van der Waals surface area contributed by atoms with Crippen LogP contribution < -0.4 is 9.64 Å². The molecule has 12 heteroatoms. The maximum absolute atomic E-state index is 14.3. The van der Waals surface area contributed by atoms with Gasteiger partial charge in [0.25, 0.3) is 0 Å². The summed E-state index contributed by atoms with van der Waals surface area (Å²) < 4.78 is 35.2. The molecule has 2 fully saturated rings. The maximum Gasteiger partial charge on any atom is 0.215 e. The molecule has 0 unspecified atom stereocenters. The van der Waals surface area contributed by atoms with Gasteiger partial charge in [-0.05, 0) is 42.3 Å². The number of hydrogen-bond donors (Lipinski definition) is 1. The van der Waals surface area contributed by atoms with Crippen LogP contribution in [0.1, 0.15) is 40.2 Å². The van der Waals surface area contributed by atoms with Gasteiger partial charge in [0.15, 0.2) is 0 Å². The normalized spacial score (nSPS) is 18.3. The minimum Gasteiger partial charge on any atom is -0.473 e. The van der Waals surface area contributed by atoms with Crippen LogP contribution in [-0.4, -0.2) is 55.3 Å². The van der Waals surface area contributed by atoms with E-state index < -0.39 is 11.4 Å². The summed E-state index contributed by atoms with van der Waals surface area (Å²) in [7, 11) is 0. The number of imidazole rings is 1. The third-order valence-corrected chi connectivity index (χ3v) is 8.75. The molecule has 1 atom stereocenters. The maximum atomic E-state index is 14.3. The molecule has 0 amide bonds. The van der Waals surface area contributed by atoms with Crippen molar-refractivity contribution in [2.75, 3.05) is 24.7 Å². The third-order valence-electron chi connectivity index (χ3n) is 8.75. The number of ether oxygens (including phenoxy) is 3. The van der Waals surface area contributed by atoms with E-state index in [1.807, 2.05) is 41.1 Å². The minimum absolute atomic E-state index is 0.00899. The highest BCUT2D eigenvalue weighted by Crippen LogP contribution is 2.33. The second-order valence-corrected chi connectivity index (χ2v) is 11.8. The largest absolute Gasteiger partial charge is 0.473 e. The van der Waals surface area contributed by atoms with Gasteiger partial charge in [0.2, 0.25) is 5.88 Å². The predicted molar refractivity (Wildman–Crippen MR) is 160 cm³/mol. The first kappa shape index (κ1) is 27.7. The average Bonchev–Trinajstić information content (AvgIpc) is 3.68. The molecular formula is C33H30FN7O4. The Kier molecular flexibility index (Phi) is 6.74. The zero-order chi connectivity index (χ0) is 30.5. The number of rotatable bonds is 9. The Hall–Kier alpha value is -4.83. The zero-order valence-electron chi connectivity index (χ0n) is 24.4. The second-order valence-electron chi connectivity index (χ2n) is 11.8. The molecule has 0 aliphatic carbocycles. The molecule has 3 aromatic heterocycles. The molecule has 0 radical (unpaired) electrons. The SMILES string of the molecule is N#Cc1ccc(COc2cccc(N3Cc4cn(Cc5nc6ccc(C7(O)COC7)cc6n5C[C@@H]5CCO5)nc4C3)n2)c(F)c1. The zero-order valence-corrected chi connectivity index (χ0v) is 24.4. The number of aliphatic hydroxyl groups is 1. The Morgan fingerprint density at radius 1 is 1.11 bits per heavy atom. The first-order chi connectivity index (χ1) is 21.9. The summed E-state index contributed by atoms with van der Waals surface area (Å²) in [5.74, 6) is 1.54. The van der Waals surface area contributed by atoms with Crippen LogP contribution >= 0.6 is 0 Å². The van der Waals surface area contributed by atoms with Crippen molar-refractivity contribution in [1.82, 2.24) is 24.3 Å². The molecule has 2 aromatic carbocycles. The lowest BCUT2D eigenvalue weighted by molar-refractivity contribution is -0.184. The van der Waals surface area contributed by atoms with Crippen LogP contribution in [0.4, 0.5) is 10.2 Å². The number of fused-ring (bicyclic) bond motifs is 2. The summed E-state index contributed by atoms with van der Waals surface area (Å²) in [5, 5.41) is 24.7. The van der Waals surface area contributed by atoms with Gasteiger partial charge in [-0.15, -0.1) is 0 Å². The molecule has 8 rings (SSSR count). The average molecular weight is 608 g/mol. The van der Waals surface area contributed by atoms with Crippen LogP contribution in [-0.2, 0) is 47.9 Å². The van der Waals surface area contributed by atoms with Crippen LogP contribution in [0.2, 0.25) is 0 Å². The van der Waals surface area contributed by atoms with E-state index in [1.54, 1.807) is 18.2 Å². The number of hydrogen-bond acceptors (Lipinski definition) is 9. The molecule has 3 aliphatic heterocycles. The number of pyridine rings is 1. The van der Waals surface area contributed by atoms with E-state index >= 15 is 0 Å². The summed E-state index contributed by atoms with van der Waals surface area (Å²) in [4.78, 5) is 11.7. The summed E-state index contributed by atoms with van der Waals surface area (Å²) in [6, 6.07) is 17.7. The molecule has 0 saturated carbocycles. The topological polar surface area (TPSA) is 123 Å². The first-order valence-corrected chi connectivity index (χ1v) is 14.9. The van der Waals surface area contributed by atoms with E-state index in [4.69, 9.17) is 29.6 Å². The van der Waals surface area contributed by atoms with Crippen molar-refractivity contribution < 1.29 is 23.7 Å². The quantitative estimate of drug-likeness (QED) is 0.267. The molecule has 228 valence electrons. The van der Waals surface area contributed by atoms with Crippen LogP contribution in [0, 0.1) is 17.1 Å². The number of anilines is 1. The van der Waals surface area contributed by atoms with Crippen molar-refractivity contribution in [3.63, 3.8) is 0 Å². The monoisotopic (exact) mass is 607 g/mol. The molecule has 3 aliphatic rings. The Morgan fingerprint density at radius 2 is 2.00 bits per heavy atom. The second kappa shape index (κ2) is 11.0. The number of nitriles is 1. The van der Waals surface area contributed by atoms with Crippen molar-refractivity contribution in [1.29, 1.82) is 5.26 Å². The van der Waals surface area contributed by atoms with Crippen molar-refractivity contribution in [2.45, 2.75) is 50.9 Å². The fourth-order valence-electron chi connectivity index (χ4n) is 6.02. The van der Waals surface area contributed by atoms with E-state index in [1.165, 1.54) is 6.07 Å². The molecule has 6 heterocycles. The van der Waals surface area contributed by atoms with Crippen LogP contribution in [0.25, 0.3) is 11.0 Å². The lowest BCUT2D eigenvalue weighted by Crippen LogP contribution is -2.46. The molecule has 1 N–H and O–H groups in total. The van der Waals surface area contributed by atoms with E-state index in [9.17, 15) is 9.50 Å². The number of halogens is 1. The van der Waals surface area contributed by atoms with E-state index in [2.05, 4.69) is 20.6 Å². The van der Waals surface area contributed by atoms with Gasteiger partial charge in [-0.2, -0.15) is 15.3 Å². The molecule has 2 saturated heterocycles.